The molecule has 0 amide bonds. The van der Waals surface area contributed by atoms with Crippen LogP contribution in [0.15, 0.2) is 30.3 Å². The first-order valence-electron chi connectivity index (χ1n) is 4.27. The Kier molecular flexibility index (Phi) is 3.70. The van der Waals surface area contributed by atoms with Gasteiger partial charge in [-0.2, -0.15) is 0 Å². The van der Waals surface area contributed by atoms with Crippen LogP contribution in [0.5, 0.6) is 0 Å². The molecular formula is C10H13ClFN. The summed E-state index contributed by atoms with van der Waals surface area (Å²) < 4.78 is 13.2. The van der Waals surface area contributed by atoms with Gasteiger partial charge in [-0.05, 0) is 5.56 Å². The fourth-order valence-electron chi connectivity index (χ4n) is 1.67. The highest BCUT2D eigenvalue weighted by Crippen LogP contribution is 2.24. The summed E-state index contributed by atoms with van der Waals surface area (Å²) in [4.78, 5) is 0. The minimum absolute atomic E-state index is 0. The fraction of sp³-hybridized carbons (Fsp3) is 0.400. The van der Waals surface area contributed by atoms with Gasteiger partial charge in [0.25, 0.3) is 0 Å². The number of benzene rings is 1. The molecule has 1 heterocycles. The Labute approximate surface area is 83.8 Å². The molecule has 0 aromatic heterocycles. The van der Waals surface area contributed by atoms with E-state index in [0.717, 1.165) is 12.1 Å². The molecule has 1 N–H and O–H groups in total. The maximum absolute atomic E-state index is 13.2. The van der Waals surface area contributed by atoms with Crippen molar-refractivity contribution >= 4 is 12.4 Å². The molecule has 2 atom stereocenters. The van der Waals surface area contributed by atoms with Gasteiger partial charge in [0.2, 0.25) is 0 Å². The lowest BCUT2D eigenvalue weighted by Gasteiger charge is -2.10. The number of hydrogen-bond donors (Lipinski definition) is 1. The average molecular weight is 202 g/mol. The number of rotatable bonds is 1. The maximum Gasteiger partial charge on any atom is 0.121 e. The lowest BCUT2D eigenvalue weighted by atomic mass is 9.97. The molecule has 0 bridgehead atoms. The lowest BCUT2D eigenvalue weighted by molar-refractivity contribution is 0.332. The van der Waals surface area contributed by atoms with Crippen LogP contribution in [0.2, 0.25) is 0 Å². The highest BCUT2D eigenvalue weighted by molar-refractivity contribution is 5.85. The molecule has 3 heteroatoms. The molecular weight excluding hydrogens is 189 g/mol. The molecule has 1 nitrogen and oxygen atoms in total. The second-order valence-corrected chi connectivity index (χ2v) is 3.19. The molecule has 0 saturated carbocycles. The highest BCUT2D eigenvalue weighted by atomic mass is 35.5. The van der Waals surface area contributed by atoms with Crippen LogP contribution in [0.1, 0.15) is 11.5 Å². The average Bonchev–Trinajstić information content (AvgIpc) is 2.53. The van der Waals surface area contributed by atoms with Crippen molar-refractivity contribution in [3.05, 3.63) is 35.9 Å². The standard InChI is InChI=1S/C10H12FN.ClH/c11-10-7-12-6-9(10)8-4-2-1-3-5-8;/h1-5,9-10,12H,6-7H2;1H. The number of hydrogen-bond acceptors (Lipinski definition) is 1. The summed E-state index contributed by atoms with van der Waals surface area (Å²) in [6.45, 7) is 1.27. The first-order chi connectivity index (χ1) is 5.88. The van der Waals surface area contributed by atoms with E-state index < -0.39 is 6.17 Å². The maximum atomic E-state index is 13.2. The summed E-state index contributed by atoms with van der Waals surface area (Å²) >= 11 is 0. The van der Waals surface area contributed by atoms with Crippen LogP contribution >= 0.6 is 12.4 Å². The molecule has 1 aliphatic rings. The zero-order valence-corrected chi connectivity index (χ0v) is 8.06. The predicted molar refractivity (Wildman–Crippen MR) is 54.2 cm³/mol. The Balaban J connectivity index is 0.000000845. The molecule has 1 fully saturated rings. The quantitative estimate of drug-likeness (QED) is 0.734. The zero-order valence-electron chi connectivity index (χ0n) is 7.24. The third kappa shape index (κ3) is 2.20. The van der Waals surface area contributed by atoms with E-state index in [4.69, 9.17) is 0 Å². The van der Waals surface area contributed by atoms with Crippen molar-refractivity contribution in [2.24, 2.45) is 0 Å². The van der Waals surface area contributed by atoms with E-state index in [0.29, 0.717) is 6.54 Å². The van der Waals surface area contributed by atoms with Crippen LogP contribution in [0, 0.1) is 0 Å². The van der Waals surface area contributed by atoms with Crippen LogP contribution < -0.4 is 5.32 Å². The summed E-state index contributed by atoms with van der Waals surface area (Å²) in [5, 5.41) is 3.05. The van der Waals surface area contributed by atoms with Gasteiger partial charge in [0.15, 0.2) is 0 Å². The van der Waals surface area contributed by atoms with E-state index in [-0.39, 0.29) is 18.3 Å². The minimum atomic E-state index is -0.715. The van der Waals surface area contributed by atoms with E-state index in [2.05, 4.69) is 5.32 Å². The molecule has 1 aromatic carbocycles. The van der Waals surface area contributed by atoms with E-state index in [9.17, 15) is 4.39 Å². The zero-order chi connectivity index (χ0) is 8.39. The fourth-order valence-corrected chi connectivity index (χ4v) is 1.67. The molecule has 0 aliphatic carbocycles. The molecule has 2 unspecified atom stereocenters. The van der Waals surface area contributed by atoms with Gasteiger partial charge < -0.3 is 5.32 Å². The molecule has 0 radical (unpaired) electrons. The van der Waals surface area contributed by atoms with Gasteiger partial charge in [0, 0.05) is 19.0 Å². The summed E-state index contributed by atoms with van der Waals surface area (Å²) in [6.07, 6.45) is -0.715. The molecule has 2 rings (SSSR count). The summed E-state index contributed by atoms with van der Waals surface area (Å²) in [5.74, 6) is 0.0613. The van der Waals surface area contributed by atoms with Crippen molar-refractivity contribution in [2.75, 3.05) is 13.1 Å². The summed E-state index contributed by atoms with van der Waals surface area (Å²) in [5.41, 5.74) is 1.11. The molecule has 13 heavy (non-hydrogen) atoms. The number of nitrogens with one attached hydrogen (secondary N) is 1. The Hall–Kier alpha value is -0.600. The second-order valence-electron chi connectivity index (χ2n) is 3.19. The Morgan fingerprint density at radius 2 is 1.85 bits per heavy atom. The van der Waals surface area contributed by atoms with Crippen LogP contribution in [0.3, 0.4) is 0 Å². The van der Waals surface area contributed by atoms with Crippen LogP contribution in [0.25, 0.3) is 0 Å². The molecule has 1 saturated heterocycles. The van der Waals surface area contributed by atoms with Crippen molar-refractivity contribution in [2.45, 2.75) is 12.1 Å². The molecule has 0 spiro atoms. The van der Waals surface area contributed by atoms with Gasteiger partial charge in [0.1, 0.15) is 6.17 Å². The normalized spacial score (nSPS) is 26.8. The topological polar surface area (TPSA) is 12.0 Å². The summed E-state index contributed by atoms with van der Waals surface area (Å²) in [7, 11) is 0. The van der Waals surface area contributed by atoms with Crippen molar-refractivity contribution in [1.29, 1.82) is 0 Å². The Morgan fingerprint density at radius 3 is 2.38 bits per heavy atom. The monoisotopic (exact) mass is 201 g/mol. The van der Waals surface area contributed by atoms with Crippen LogP contribution in [-0.4, -0.2) is 19.3 Å². The minimum Gasteiger partial charge on any atom is -0.313 e. The van der Waals surface area contributed by atoms with E-state index >= 15 is 0 Å². The van der Waals surface area contributed by atoms with Crippen LogP contribution in [0.4, 0.5) is 4.39 Å². The Bertz CT molecular complexity index is 252. The van der Waals surface area contributed by atoms with Crippen molar-refractivity contribution in [3.8, 4) is 0 Å². The molecule has 72 valence electrons. The number of alkyl halides is 1. The third-order valence-corrected chi connectivity index (χ3v) is 2.37. The van der Waals surface area contributed by atoms with E-state index in [1.807, 2.05) is 30.3 Å². The first kappa shape index (κ1) is 10.5. The van der Waals surface area contributed by atoms with Gasteiger partial charge in [-0.3, -0.25) is 0 Å². The lowest BCUT2D eigenvalue weighted by Crippen LogP contribution is -2.10. The van der Waals surface area contributed by atoms with Crippen molar-refractivity contribution < 1.29 is 4.39 Å². The van der Waals surface area contributed by atoms with Crippen molar-refractivity contribution in [1.82, 2.24) is 5.32 Å². The van der Waals surface area contributed by atoms with Gasteiger partial charge >= 0.3 is 0 Å². The highest BCUT2D eigenvalue weighted by Gasteiger charge is 2.27. The van der Waals surface area contributed by atoms with Gasteiger partial charge in [-0.15, -0.1) is 12.4 Å². The largest absolute Gasteiger partial charge is 0.313 e. The predicted octanol–water partition coefficient (Wildman–Crippen LogP) is 2.13. The van der Waals surface area contributed by atoms with E-state index in [1.54, 1.807) is 0 Å². The summed E-state index contributed by atoms with van der Waals surface area (Å²) in [6, 6.07) is 9.86. The second kappa shape index (κ2) is 4.58. The van der Waals surface area contributed by atoms with E-state index in [1.165, 1.54) is 0 Å². The van der Waals surface area contributed by atoms with Gasteiger partial charge in [0.05, 0.1) is 0 Å². The van der Waals surface area contributed by atoms with Gasteiger partial charge in [-0.1, -0.05) is 30.3 Å². The molecule has 1 aromatic rings. The third-order valence-electron chi connectivity index (χ3n) is 2.37. The van der Waals surface area contributed by atoms with Crippen LogP contribution in [-0.2, 0) is 0 Å². The number of halogens is 2. The smallest absolute Gasteiger partial charge is 0.121 e. The van der Waals surface area contributed by atoms with Crippen molar-refractivity contribution in [3.63, 3.8) is 0 Å². The Morgan fingerprint density at radius 1 is 1.15 bits per heavy atom. The SMILES string of the molecule is Cl.FC1CNCC1c1ccccc1. The van der Waals surface area contributed by atoms with Gasteiger partial charge in [-0.25, -0.2) is 4.39 Å². The molecule has 1 aliphatic heterocycles. The first-order valence-corrected chi connectivity index (χ1v) is 4.27.